The van der Waals surface area contributed by atoms with E-state index in [1.165, 1.54) is 28.9 Å². The Hall–Kier alpha value is -1.78. The van der Waals surface area contributed by atoms with Crippen molar-refractivity contribution in [2.75, 3.05) is 26.2 Å². The van der Waals surface area contributed by atoms with E-state index < -0.39 is 0 Å². The van der Waals surface area contributed by atoms with Gasteiger partial charge in [0.15, 0.2) is 0 Å². The molecule has 130 valence electrons. The molecule has 2 fully saturated rings. The van der Waals surface area contributed by atoms with Crippen molar-refractivity contribution < 1.29 is 4.79 Å². The van der Waals surface area contributed by atoms with E-state index in [4.69, 9.17) is 0 Å². The molecule has 2 aromatic carbocycles. The van der Waals surface area contributed by atoms with Crippen molar-refractivity contribution in [1.29, 1.82) is 0 Å². The fourth-order valence-electron chi connectivity index (χ4n) is 3.76. The topological polar surface area (TPSA) is 23.6 Å². The highest BCUT2D eigenvalue weighted by atomic mass is 32.2. The van der Waals surface area contributed by atoms with E-state index >= 15 is 0 Å². The molecule has 25 heavy (non-hydrogen) atoms. The maximum absolute atomic E-state index is 10.9. The first-order valence-electron chi connectivity index (χ1n) is 9.02. The van der Waals surface area contributed by atoms with Crippen molar-refractivity contribution in [3.8, 4) is 0 Å². The molecule has 0 atom stereocenters. The van der Waals surface area contributed by atoms with Crippen LogP contribution in [-0.2, 0) is 16.1 Å². The molecule has 1 amide bonds. The van der Waals surface area contributed by atoms with Crippen molar-refractivity contribution in [3.63, 3.8) is 0 Å². The van der Waals surface area contributed by atoms with Crippen molar-refractivity contribution in [3.05, 3.63) is 65.7 Å². The van der Waals surface area contributed by atoms with Gasteiger partial charge in [-0.15, -0.1) is 11.8 Å². The molecule has 0 spiro atoms. The average Bonchev–Trinajstić information content (AvgIpc) is 3.50. The molecular formula is C21H24N2OS. The van der Waals surface area contributed by atoms with Gasteiger partial charge in [0.1, 0.15) is 0 Å². The predicted octanol–water partition coefficient (Wildman–Crippen LogP) is 3.74. The summed E-state index contributed by atoms with van der Waals surface area (Å²) < 4.78 is 0. The molecule has 4 rings (SSSR count). The van der Waals surface area contributed by atoms with E-state index in [9.17, 15) is 4.79 Å². The minimum atomic E-state index is 0.234. The van der Waals surface area contributed by atoms with Gasteiger partial charge >= 0.3 is 0 Å². The zero-order chi connectivity index (χ0) is 17.1. The zero-order valence-corrected chi connectivity index (χ0v) is 15.3. The molecule has 1 aliphatic heterocycles. The normalized spacial score (nSPS) is 19.6. The molecule has 4 heteroatoms. The fourth-order valence-corrected chi connectivity index (χ4v) is 4.62. The number of carbonyl (C=O) groups is 1. The maximum Gasteiger partial charge on any atom is 0.209 e. The van der Waals surface area contributed by atoms with Crippen LogP contribution in [0.25, 0.3) is 0 Å². The van der Waals surface area contributed by atoms with Crippen LogP contribution in [0.4, 0.5) is 0 Å². The van der Waals surface area contributed by atoms with Crippen molar-refractivity contribution in [1.82, 2.24) is 9.80 Å². The molecule has 1 saturated heterocycles. The molecule has 2 aliphatic rings. The first-order valence-corrected chi connectivity index (χ1v) is 10.0. The standard InChI is InChI=1S/C21H24N2OS/c24-17-22-12-14-23(15-13-22)21(10-11-21)19-6-8-20(9-7-19)25-16-18-4-2-1-3-5-18/h1-9,17H,10-16H2. The summed E-state index contributed by atoms with van der Waals surface area (Å²) in [6.45, 7) is 3.69. The van der Waals surface area contributed by atoms with Gasteiger partial charge in [0, 0.05) is 42.4 Å². The third kappa shape index (κ3) is 3.60. The van der Waals surface area contributed by atoms with Crippen LogP contribution in [0.3, 0.4) is 0 Å². The second-order valence-electron chi connectivity index (χ2n) is 6.96. The minimum Gasteiger partial charge on any atom is -0.343 e. The SMILES string of the molecule is O=CN1CCN(C2(c3ccc(SCc4ccccc4)cc3)CC2)CC1. The summed E-state index contributed by atoms with van der Waals surface area (Å²) >= 11 is 1.89. The lowest BCUT2D eigenvalue weighted by Crippen LogP contribution is -2.49. The Labute approximate surface area is 154 Å². The number of rotatable bonds is 6. The van der Waals surface area contributed by atoms with E-state index in [0.717, 1.165) is 38.3 Å². The predicted molar refractivity (Wildman–Crippen MR) is 103 cm³/mol. The Morgan fingerprint density at radius 1 is 0.920 bits per heavy atom. The number of amides is 1. The fraction of sp³-hybridized carbons (Fsp3) is 0.381. The van der Waals surface area contributed by atoms with Gasteiger partial charge in [-0.25, -0.2) is 0 Å². The maximum atomic E-state index is 10.9. The molecule has 0 radical (unpaired) electrons. The van der Waals surface area contributed by atoms with Crippen LogP contribution < -0.4 is 0 Å². The van der Waals surface area contributed by atoms with Gasteiger partial charge in [-0.1, -0.05) is 42.5 Å². The molecule has 1 aliphatic carbocycles. The van der Waals surface area contributed by atoms with Gasteiger partial charge in [-0.2, -0.15) is 0 Å². The highest BCUT2D eigenvalue weighted by Gasteiger charge is 2.49. The molecule has 1 heterocycles. The highest BCUT2D eigenvalue weighted by Crippen LogP contribution is 2.51. The van der Waals surface area contributed by atoms with Gasteiger partial charge < -0.3 is 4.90 Å². The lowest BCUT2D eigenvalue weighted by atomic mass is 10.0. The third-order valence-corrected chi connectivity index (χ3v) is 6.52. The minimum absolute atomic E-state index is 0.234. The number of thioether (sulfide) groups is 1. The monoisotopic (exact) mass is 352 g/mol. The smallest absolute Gasteiger partial charge is 0.209 e. The second-order valence-corrected chi connectivity index (χ2v) is 8.01. The van der Waals surface area contributed by atoms with E-state index in [0.29, 0.717) is 0 Å². The number of nitrogens with zero attached hydrogens (tertiary/aromatic N) is 2. The largest absolute Gasteiger partial charge is 0.343 e. The van der Waals surface area contributed by atoms with Gasteiger partial charge in [-0.05, 0) is 36.1 Å². The van der Waals surface area contributed by atoms with Gasteiger partial charge in [-0.3, -0.25) is 9.69 Å². The van der Waals surface area contributed by atoms with E-state index in [1.54, 1.807) is 0 Å². The summed E-state index contributed by atoms with van der Waals surface area (Å²) in [6, 6.07) is 19.8. The Bertz CT molecular complexity index is 704. The summed E-state index contributed by atoms with van der Waals surface area (Å²) in [5, 5.41) is 0. The van der Waals surface area contributed by atoms with E-state index in [2.05, 4.69) is 59.5 Å². The number of benzene rings is 2. The number of carbonyl (C=O) groups excluding carboxylic acids is 1. The second kappa shape index (κ2) is 7.22. The van der Waals surface area contributed by atoms with Crippen molar-refractivity contribution in [2.24, 2.45) is 0 Å². The Morgan fingerprint density at radius 2 is 1.60 bits per heavy atom. The number of hydrogen-bond acceptors (Lipinski definition) is 3. The molecule has 1 saturated carbocycles. The van der Waals surface area contributed by atoms with Crippen LogP contribution in [0.5, 0.6) is 0 Å². The van der Waals surface area contributed by atoms with Crippen molar-refractivity contribution in [2.45, 2.75) is 29.0 Å². The van der Waals surface area contributed by atoms with E-state index in [1.807, 2.05) is 16.7 Å². The summed E-state index contributed by atoms with van der Waals surface area (Å²) in [4.78, 5) is 16.7. The van der Waals surface area contributed by atoms with Crippen LogP contribution in [0.1, 0.15) is 24.0 Å². The van der Waals surface area contributed by atoms with Crippen LogP contribution in [0.2, 0.25) is 0 Å². The Morgan fingerprint density at radius 3 is 2.20 bits per heavy atom. The molecule has 0 aromatic heterocycles. The van der Waals surface area contributed by atoms with E-state index in [-0.39, 0.29) is 5.54 Å². The molecule has 0 unspecified atom stereocenters. The van der Waals surface area contributed by atoms with Gasteiger partial charge in [0.25, 0.3) is 0 Å². The first kappa shape index (κ1) is 16.7. The summed E-state index contributed by atoms with van der Waals surface area (Å²) in [7, 11) is 0. The molecule has 2 aromatic rings. The van der Waals surface area contributed by atoms with Crippen LogP contribution in [-0.4, -0.2) is 42.4 Å². The Balaban J connectivity index is 1.39. The molecule has 0 bridgehead atoms. The van der Waals surface area contributed by atoms with Gasteiger partial charge in [0.2, 0.25) is 6.41 Å². The first-order chi connectivity index (χ1) is 12.3. The summed E-state index contributed by atoms with van der Waals surface area (Å²) in [5.74, 6) is 1.01. The highest BCUT2D eigenvalue weighted by molar-refractivity contribution is 7.98. The number of hydrogen-bond donors (Lipinski definition) is 0. The quantitative estimate of drug-likeness (QED) is 0.584. The van der Waals surface area contributed by atoms with Crippen LogP contribution >= 0.6 is 11.8 Å². The molecule has 3 nitrogen and oxygen atoms in total. The Kier molecular flexibility index (Phi) is 4.82. The zero-order valence-electron chi connectivity index (χ0n) is 14.4. The number of piperazine rings is 1. The third-order valence-electron chi connectivity index (χ3n) is 5.43. The summed E-state index contributed by atoms with van der Waals surface area (Å²) in [6.07, 6.45) is 3.46. The van der Waals surface area contributed by atoms with Crippen molar-refractivity contribution >= 4 is 18.2 Å². The lowest BCUT2D eigenvalue weighted by molar-refractivity contribution is -0.120. The summed E-state index contributed by atoms with van der Waals surface area (Å²) in [5.41, 5.74) is 3.04. The average molecular weight is 353 g/mol. The van der Waals surface area contributed by atoms with Gasteiger partial charge in [0.05, 0.1) is 0 Å². The lowest BCUT2D eigenvalue weighted by Gasteiger charge is -2.38. The molecule has 0 N–H and O–H groups in total. The van der Waals surface area contributed by atoms with Crippen LogP contribution in [0, 0.1) is 0 Å². The molecular weight excluding hydrogens is 328 g/mol. The van der Waals surface area contributed by atoms with Crippen LogP contribution in [0.15, 0.2) is 59.5 Å².